The Morgan fingerprint density at radius 2 is 1.46 bits per heavy atom. The molecule has 12 nitrogen and oxygen atoms in total. The van der Waals surface area contributed by atoms with E-state index in [0.717, 1.165) is 11.3 Å². The van der Waals surface area contributed by atoms with Gasteiger partial charge in [-0.2, -0.15) is 0 Å². The molecule has 188 valence electrons. The van der Waals surface area contributed by atoms with Crippen LogP contribution in [-0.2, 0) is 49.9 Å². The number of carbonyl (C=O) groups excluding carboxylic acids is 4. The van der Waals surface area contributed by atoms with Crippen molar-refractivity contribution in [2.75, 3.05) is 6.61 Å². The standard InChI is InChI=1S/C23H28N3O9/c1-13(27)31-12-19-20(32-14(2)28)21(33-15(3)29)22(34-16(4)30)23(35-19)26-11-18(25(5)24-26)17-9-7-6-8-10-17/h6-11,19-23H,12H2,1-5H3/q+1/t19-,20-,21+,22-,23-/m1/s1. The number of ether oxygens (including phenoxy) is 5. The highest BCUT2D eigenvalue weighted by Crippen LogP contribution is 2.32. The van der Waals surface area contributed by atoms with Crippen LogP contribution in [0.3, 0.4) is 0 Å². The molecule has 1 aliphatic heterocycles. The molecule has 0 bridgehead atoms. The van der Waals surface area contributed by atoms with Crippen LogP contribution in [0.4, 0.5) is 0 Å². The molecule has 1 aromatic heterocycles. The van der Waals surface area contributed by atoms with Gasteiger partial charge in [0.25, 0.3) is 6.23 Å². The van der Waals surface area contributed by atoms with Crippen molar-refractivity contribution in [3.8, 4) is 11.3 Å². The summed E-state index contributed by atoms with van der Waals surface area (Å²) in [5.74, 6) is -2.66. The van der Waals surface area contributed by atoms with Crippen molar-refractivity contribution in [1.82, 2.24) is 9.90 Å². The number of rotatable bonds is 7. The van der Waals surface area contributed by atoms with Gasteiger partial charge in [0, 0.05) is 33.3 Å². The van der Waals surface area contributed by atoms with E-state index in [4.69, 9.17) is 23.7 Å². The van der Waals surface area contributed by atoms with E-state index in [2.05, 4.69) is 5.21 Å². The molecular weight excluding hydrogens is 462 g/mol. The normalized spacial score (nSPS) is 23.7. The number of hydrogen-bond acceptors (Lipinski definition) is 10. The number of carbonyl (C=O) groups is 4. The number of benzene rings is 1. The van der Waals surface area contributed by atoms with E-state index in [1.165, 1.54) is 32.4 Å². The molecular formula is C23H28N3O9+. The third kappa shape index (κ3) is 6.41. The lowest BCUT2D eigenvalue weighted by Crippen LogP contribution is -2.66. The number of aryl methyl sites for hydroxylation is 1. The molecule has 12 heteroatoms. The molecule has 2 aromatic rings. The summed E-state index contributed by atoms with van der Waals surface area (Å²) in [6.07, 6.45) is -4.23. The molecule has 3 rings (SSSR count). The Hall–Kier alpha value is -3.80. The third-order valence-electron chi connectivity index (χ3n) is 5.14. The summed E-state index contributed by atoms with van der Waals surface area (Å²) < 4.78 is 30.6. The summed E-state index contributed by atoms with van der Waals surface area (Å²) >= 11 is 0. The second kappa shape index (κ2) is 11.1. The highest BCUT2D eigenvalue weighted by molar-refractivity contribution is 5.68. The van der Waals surface area contributed by atoms with Crippen LogP contribution < -0.4 is 4.68 Å². The second-order valence-electron chi connectivity index (χ2n) is 7.96. The van der Waals surface area contributed by atoms with E-state index in [0.29, 0.717) is 0 Å². The molecule has 0 aliphatic carbocycles. The predicted octanol–water partition coefficient (Wildman–Crippen LogP) is 0.630. The summed E-state index contributed by atoms with van der Waals surface area (Å²) in [5.41, 5.74) is 1.59. The van der Waals surface area contributed by atoms with Crippen molar-refractivity contribution >= 4 is 23.9 Å². The minimum atomic E-state index is -1.27. The van der Waals surface area contributed by atoms with Gasteiger partial charge in [0.1, 0.15) is 19.8 Å². The van der Waals surface area contributed by atoms with Gasteiger partial charge in [0.2, 0.25) is 6.10 Å². The fourth-order valence-corrected chi connectivity index (χ4v) is 3.85. The van der Waals surface area contributed by atoms with Gasteiger partial charge in [-0.25, -0.2) is 0 Å². The smallest absolute Gasteiger partial charge is 0.303 e. The SMILES string of the molecule is CC(=O)OC[C@H]1O[C@@H]([n+]2cc(-c3ccccc3)n(C)n2)[C@H](OC(C)=O)[C@@H](OC(C)=O)[C@@H]1OC(C)=O. The van der Waals surface area contributed by atoms with Crippen molar-refractivity contribution < 1.29 is 47.5 Å². The van der Waals surface area contributed by atoms with Crippen LogP contribution in [0.25, 0.3) is 11.3 Å². The first-order chi connectivity index (χ1) is 16.6. The molecule has 1 aromatic carbocycles. The van der Waals surface area contributed by atoms with Gasteiger partial charge in [0.15, 0.2) is 24.1 Å². The Labute approximate surface area is 201 Å². The monoisotopic (exact) mass is 490 g/mol. The van der Waals surface area contributed by atoms with Crippen LogP contribution in [0.5, 0.6) is 0 Å². The Morgan fingerprint density at radius 3 is 2.03 bits per heavy atom. The molecule has 1 aliphatic rings. The van der Waals surface area contributed by atoms with Crippen LogP contribution in [0, 0.1) is 0 Å². The minimum absolute atomic E-state index is 0.312. The molecule has 0 N–H and O–H groups in total. The topological polar surface area (TPSA) is 136 Å². The first-order valence-corrected chi connectivity index (χ1v) is 10.9. The highest BCUT2D eigenvalue weighted by Gasteiger charge is 2.55. The van der Waals surface area contributed by atoms with Gasteiger partial charge in [-0.05, 0) is 0 Å². The Morgan fingerprint density at radius 1 is 0.886 bits per heavy atom. The number of hydrogen-bond donors (Lipinski definition) is 0. The molecule has 0 spiro atoms. The average molecular weight is 490 g/mol. The zero-order valence-electron chi connectivity index (χ0n) is 20.1. The maximum Gasteiger partial charge on any atom is 0.303 e. The minimum Gasteiger partial charge on any atom is -0.463 e. The van der Waals surface area contributed by atoms with Crippen LogP contribution in [0.1, 0.15) is 33.9 Å². The molecule has 2 heterocycles. The molecule has 1 fully saturated rings. The predicted molar refractivity (Wildman–Crippen MR) is 116 cm³/mol. The number of esters is 4. The van der Waals surface area contributed by atoms with Gasteiger partial charge in [-0.3, -0.25) is 19.2 Å². The van der Waals surface area contributed by atoms with Gasteiger partial charge >= 0.3 is 23.9 Å². The lowest BCUT2D eigenvalue weighted by Gasteiger charge is -2.42. The molecule has 1 saturated heterocycles. The third-order valence-corrected chi connectivity index (χ3v) is 5.14. The van der Waals surface area contributed by atoms with Gasteiger partial charge in [-0.15, -0.1) is 9.36 Å². The van der Waals surface area contributed by atoms with E-state index in [1.807, 2.05) is 30.3 Å². The van der Waals surface area contributed by atoms with E-state index < -0.39 is 54.5 Å². The van der Waals surface area contributed by atoms with Crippen molar-refractivity contribution in [1.29, 1.82) is 0 Å². The quantitative estimate of drug-likeness (QED) is 0.309. The lowest BCUT2D eigenvalue weighted by atomic mass is 9.97. The van der Waals surface area contributed by atoms with E-state index in [-0.39, 0.29) is 6.61 Å². The highest BCUT2D eigenvalue weighted by atomic mass is 16.7. The summed E-state index contributed by atoms with van der Waals surface area (Å²) in [7, 11) is 1.73. The first kappa shape index (κ1) is 25.8. The van der Waals surface area contributed by atoms with Crippen molar-refractivity contribution in [2.24, 2.45) is 7.05 Å². The summed E-state index contributed by atoms with van der Waals surface area (Å²) in [4.78, 5) is 47.3. The molecule has 0 radical (unpaired) electrons. The van der Waals surface area contributed by atoms with Crippen LogP contribution in [0.15, 0.2) is 36.5 Å². The maximum absolute atomic E-state index is 12.0. The summed E-state index contributed by atoms with van der Waals surface area (Å²) in [6.45, 7) is 4.42. The molecule has 0 saturated carbocycles. The van der Waals surface area contributed by atoms with Gasteiger partial charge in [0.05, 0.1) is 5.21 Å². The van der Waals surface area contributed by atoms with Gasteiger partial charge < -0.3 is 23.7 Å². The summed E-state index contributed by atoms with van der Waals surface area (Å²) in [6, 6.07) is 9.43. The first-order valence-electron chi connectivity index (χ1n) is 10.9. The fraction of sp³-hybridized carbons (Fsp3) is 0.478. The van der Waals surface area contributed by atoms with Crippen LogP contribution >= 0.6 is 0 Å². The average Bonchev–Trinajstić information content (AvgIpc) is 3.16. The Bertz CT molecular complexity index is 1090. The molecule has 35 heavy (non-hydrogen) atoms. The van der Waals surface area contributed by atoms with Crippen LogP contribution in [-0.4, -0.2) is 64.8 Å². The van der Waals surface area contributed by atoms with Crippen molar-refractivity contribution in [3.05, 3.63) is 36.5 Å². The molecule has 0 unspecified atom stereocenters. The summed E-state index contributed by atoms with van der Waals surface area (Å²) in [5, 5.41) is 4.46. The molecule has 5 atom stereocenters. The zero-order valence-corrected chi connectivity index (χ0v) is 20.1. The van der Waals surface area contributed by atoms with E-state index in [1.54, 1.807) is 17.9 Å². The molecule has 0 amide bonds. The lowest BCUT2D eigenvalue weighted by molar-refractivity contribution is -0.825. The maximum atomic E-state index is 12.0. The largest absolute Gasteiger partial charge is 0.463 e. The number of aromatic nitrogens is 3. The Kier molecular flexibility index (Phi) is 8.18. The zero-order chi connectivity index (χ0) is 25.7. The van der Waals surface area contributed by atoms with Crippen LogP contribution in [0.2, 0.25) is 0 Å². The van der Waals surface area contributed by atoms with E-state index in [9.17, 15) is 19.2 Å². The fourth-order valence-electron chi connectivity index (χ4n) is 3.85. The van der Waals surface area contributed by atoms with Crippen molar-refractivity contribution in [3.63, 3.8) is 0 Å². The van der Waals surface area contributed by atoms with Gasteiger partial charge in [-0.1, -0.05) is 30.3 Å². The second-order valence-corrected chi connectivity index (χ2v) is 7.96. The number of nitrogens with zero attached hydrogens (tertiary/aromatic N) is 3. The Balaban J connectivity index is 2.08. The van der Waals surface area contributed by atoms with E-state index >= 15 is 0 Å². The van der Waals surface area contributed by atoms with Crippen molar-refractivity contribution in [2.45, 2.75) is 58.3 Å².